The maximum atomic E-state index is 12.5. The van der Waals surface area contributed by atoms with Crippen molar-refractivity contribution in [2.24, 2.45) is 5.92 Å². The van der Waals surface area contributed by atoms with Crippen molar-refractivity contribution < 1.29 is 9.59 Å². The Morgan fingerprint density at radius 3 is 2.81 bits per heavy atom. The number of likely N-dealkylation sites (N-methyl/N-ethyl adjacent to an activating group) is 1. The SMILES string of the molecule is Cc1nc(CNC(=O)[C@@H]2CC(=O)N(CCN(C)C)C2)nc2c1CCCC2. The fourth-order valence-corrected chi connectivity index (χ4v) is 3.72. The fourth-order valence-electron chi connectivity index (χ4n) is 3.72. The van der Waals surface area contributed by atoms with Gasteiger partial charge in [0.05, 0.1) is 12.5 Å². The van der Waals surface area contributed by atoms with Crippen LogP contribution < -0.4 is 5.32 Å². The van der Waals surface area contributed by atoms with E-state index in [1.54, 1.807) is 4.90 Å². The summed E-state index contributed by atoms with van der Waals surface area (Å²) in [4.78, 5) is 37.6. The van der Waals surface area contributed by atoms with Crippen molar-refractivity contribution in [2.45, 2.75) is 45.6 Å². The molecule has 1 saturated heterocycles. The minimum Gasteiger partial charge on any atom is -0.348 e. The number of aryl methyl sites for hydroxylation is 2. The molecule has 0 spiro atoms. The van der Waals surface area contributed by atoms with Crippen LogP contribution in [0, 0.1) is 12.8 Å². The van der Waals surface area contributed by atoms with Crippen LogP contribution in [-0.4, -0.2) is 65.3 Å². The minimum atomic E-state index is -0.275. The largest absolute Gasteiger partial charge is 0.348 e. The van der Waals surface area contributed by atoms with Crippen LogP contribution in [0.2, 0.25) is 0 Å². The first-order valence-electron chi connectivity index (χ1n) is 9.49. The number of nitrogens with one attached hydrogen (secondary N) is 1. The Morgan fingerprint density at radius 1 is 1.27 bits per heavy atom. The molecule has 1 aromatic rings. The van der Waals surface area contributed by atoms with Gasteiger partial charge in [0.2, 0.25) is 11.8 Å². The highest BCUT2D eigenvalue weighted by Crippen LogP contribution is 2.22. The summed E-state index contributed by atoms with van der Waals surface area (Å²) < 4.78 is 0. The second-order valence-electron chi connectivity index (χ2n) is 7.62. The van der Waals surface area contributed by atoms with Crippen LogP contribution >= 0.6 is 0 Å². The van der Waals surface area contributed by atoms with Gasteiger partial charge in [0, 0.05) is 37.4 Å². The van der Waals surface area contributed by atoms with Crippen LogP contribution in [0.1, 0.15) is 42.0 Å². The van der Waals surface area contributed by atoms with E-state index in [2.05, 4.69) is 15.3 Å². The standard InChI is InChI=1S/C19H29N5O2/c1-13-15-6-4-5-7-16(15)22-17(21-13)11-20-19(26)14-10-18(25)24(12-14)9-8-23(2)3/h14H,4-12H2,1-3H3,(H,20,26)/t14-/m1/s1. The topological polar surface area (TPSA) is 78.4 Å². The van der Waals surface area contributed by atoms with Crippen molar-refractivity contribution in [3.05, 3.63) is 22.8 Å². The molecule has 0 unspecified atom stereocenters. The van der Waals surface area contributed by atoms with E-state index in [9.17, 15) is 9.59 Å². The number of fused-ring (bicyclic) bond motifs is 1. The summed E-state index contributed by atoms with van der Waals surface area (Å²) >= 11 is 0. The molecule has 2 amide bonds. The summed E-state index contributed by atoms with van der Waals surface area (Å²) in [5, 5.41) is 2.93. The lowest BCUT2D eigenvalue weighted by Gasteiger charge is -2.19. The number of rotatable bonds is 6. The Morgan fingerprint density at radius 2 is 2.04 bits per heavy atom. The smallest absolute Gasteiger partial charge is 0.225 e. The van der Waals surface area contributed by atoms with Crippen LogP contribution in [0.15, 0.2) is 0 Å². The highest BCUT2D eigenvalue weighted by Gasteiger charge is 2.34. The van der Waals surface area contributed by atoms with Gasteiger partial charge in [-0.2, -0.15) is 0 Å². The molecule has 26 heavy (non-hydrogen) atoms. The molecule has 1 aliphatic heterocycles. The first kappa shape index (κ1) is 18.8. The van der Waals surface area contributed by atoms with Crippen molar-refractivity contribution in [1.29, 1.82) is 0 Å². The van der Waals surface area contributed by atoms with Gasteiger partial charge in [0.25, 0.3) is 0 Å². The monoisotopic (exact) mass is 359 g/mol. The molecule has 2 heterocycles. The number of likely N-dealkylation sites (tertiary alicyclic amines) is 1. The molecule has 2 aliphatic rings. The van der Waals surface area contributed by atoms with Crippen molar-refractivity contribution in [2.75, 3.05) is 33.7 Å². The van der Waals surface area contributed by atoms with E-state index in [-0.39, 0.29) is 17.7 Å². The summed E-state index contributed by atoms with van der Waals surface area (Å²) in [6.45, 7) is 4.33. The summed E-state index contributed by atoms with van der Waals surface area (Å²) in [5.74, 6) is 0.381. The maximum absolute atomic E-state index is 12.5. The van der Waals surface area contributed by atoms with Crippen molar-refractivity contribution in [1.82, 2.24) is 25.1 Å². The minimum absolute atomic E-state index is 0.0628. The van der Waals surface area contributed by atoms with E-state index in [0.29, 0.717) is 31.9 Å². The number of hydrogen-bond acceptors (Lipinski definition) is 5. The number of nitrogens with zero attached hydrogens (tertiary/aromatic N) is 4. The predicted molar refractivity (Wildman–Crippen MR) is 98.5 cm³/mol. The van der Waals surface area contributed by atoms with Gasteiger partial charge in [-0.15, -0.1) is 0 Å². The second kappa shape index (κ2) is 8.12. The maximum Gasteiger partial charge on any atom is 0.225 e. The Kier molecular flexibility index (Phi) is 5.86. The average Bonchev–Trinajstić information content (AvgIpc) is 2.99. The molecule has 1 aromatic heterocycles. The molecule has 142 valence electrons. The first-order valence-corrected chi connectivity index (χ1v) is 9.49. The summed E-state index contributed by atoms with van der Waals surface area (Å²) in [6.07, 6.45) is 4.72. The number of hydrogen-bond donors (Lipinski definition) is 1. The van der Waals surface area contributed by atoms with E-state index < -0.39 is 0 Å². The third-order valence-corrected chi connectivity index (χ3v) is 5.26. The zero-order valence-electron chi connectivity index (χ0n) is 16.0. The van der Waals surface area contributed by atoms with Gasteiger partial charge in [0.1, 0.15) is 5.82 Å². The molecule has 0 aromatic carbocycles. The molecule has 7 nitrogen and oxygen atoms in total. The summed E-state index contributed by atoms with van der Waals surface area (Å²) in [6, 6.07) is 0. The zero-order chi connectivity index (χ0) is 18.7. The molecule has 1 fully saturated rings. The van der Waals surface area contributed by atoms with Crippen LogP contribution in [0.4, 0.5) is 0 Å². The quantitative estimate of drug-likeness (QED) is 0.809. The average molecular weight is 359 g/mol. The van der Waals surface area contributed by atoms with Crippen LogP contribution in [0.25, 0.3) is 0 Å². The van der Waals surface area contributed by atoms with E-state index >= 15 is 0 Å². The number of carbonyl (C=O) groups excluding carboxylic acids is 2. The van der Waals surface area contributed by atoms with Gasteiger partial charge in [0.15, 0.2) is 0 Å². The van der Waals surface area contributed by atoms with Crippen LogP contribution in [0.3, 0.4) is 0 Å². The van der Waals surface area contributed by atoms with Gasteiger partial charge >= 0.3 is 0 Å². The molecule has 0 saturated carbocycles. The molecule has 1 atom stereocenters. The van der Waals surface area contributed by atoms with E-state index in [4.69, 9.17) is 0 Å². The second-order valence-corrected chi connectivity index (χ2v) is 7.62. The third kappa shape index (κ3) is 4.38. The highest BCUT2D eigenvalue weighted by molar-refractivity contribution is 5.89. The zero-order valence-corrected chi connectivity index (χ0v) is 16.0. The van der Waals surface area contributed by atoms with Crippen LogP contribution in [0.5, 0.6) is 0 Å². The van der Waals surface area contributed by atoms with Crippen LogP contribution in [-0.2, 0) is 29.0 Å². The molecule has 3 rings (SSSR count). The summed E-state index contributed by atoms with van der Waals surface area (Å²) in [7, 11) is 3.95. The Balaban J connectivity index is 1.54. The first-order chi connectivity index (χ1) is 12.4. The Labute approximate surface area is 155 Å². The third-order valence-electron chi connectivity index (χ3n) is 5.26. The predicted octanol–water partition coefficient (Wildman–Crippen LogP) is 0.690. The van der Waals surface area contributed by atoms with Gasteiger partial charge in [-0.1, -0.05) is 0 Å². The van der Waals surface area contributed by atoms with E-state index in [0.717, 1.165) is 30.8 Å². The molecular formula is C19H29N5O2. The van der Waals surface area contributed by atoms with Crippen molar-refractivity contribution >= 4 is 11.8 Å². The van der Waals surface area contributed by atoms with Crippen molar-refractivity contribution in [3.63, 3.8) is 0 Å². The molecule has 1 aliphatic carbocycles. The molecule has 1 N–H and O–H groups in total. The van der Waals surface area contributed by atoms with Gasteiger partial charge in [-0.05, 0) is 52.3 Å². The lowest BCUT2D eigenvalue weighted by Crippen LogP contribution is -2.35. The number of amides is 2. The molecule has 7 heteroatoms. The molecular weight excluding hydrogens is 330 g/mol. The number of aromatic nitrogens is 2. The van der Waals surface area contributed by atoms with E-state index in [1.165, 1.54) is 18.4 Å². The number of carbonyl (C=O) groups is 2. The van der Waals surface area contributed by atoms with Gasteiger partial charge in [-0.3, -0.25) is 9.59 Å². The normalized spacial score (nSPS) is 19.8. The lowest BCUT2D eigenvalue weighted by molar-refractivity contribution is -0.129. The van der Waals surface area contributed by atoms with E-state index in [1.807, 2.05) is 25.9 Å². The van der Waals surface area contributed by atoms with Crippen molar-refractivity contribution in [3.8, 4) is 0 Å². The fraction of sp³-hybridized carbons (Fsp3) is 0.684. The summed E-state index contributed by atoms with van der Waals surface area (Å²) in [5.41, 5.74) is 3.45. The molecule has 0 bridgehead atoms. The van der Waals surface area contributed by atoms with Gasteiger partial charge in [-0.25, -0.2) is 9.97 Å². The highest BCUT2D eigenvalue weighted by atomic mass is 16.2. The molecule has 0 radical (unpaired) electrons. The Bertz CT molecular complexity index is 689. The van der Waals surface area contributed by atoms with Gasteiger partial charge < -0.3 is 15.1 Å². The lowest BCUT2D eigenvalue weighted by atomic mass is 9.95. The Hall–Kier alpha value is -2.02.